The Bertz CT molecular complexity index is 1420. The van der Waals surface area contributed by atoms with Crippen LogP contribution in [0.1, 0.15) is 0 Å². The Balaban J connectivity index is 1.94. The summed E-state index contributed by atoms with van der Waals surface area (Å²) in [5, 5.41) is 28.4. The Morgan fingerprint density at radius 2 is 1.49 bits per heavy atom. The van der Waals surface area contributed by atoms with Crippen molar-refractivity contribution >= 4 is 51.0 Å². The molecular formula is C23H20Cl2N2O9S. The van der Waals surface area contributed by atoms with Crippen LogP contribution in [0.5, 0.6) is 28.7 Å². The van der Waals surface area contributed by atoms with Gasteiger partial charge in [0.25, 0.3) is 0 Å². The summed E-state index contributed by atoms with van der Waals surface area (Å²) in [5.41, 5.74) is -0.0323. The standard InChI is InChI=1S/C23H20Cl2N2O9S/c1-26(2)37(33,34)20-11-16(7-8-19(20)29)35-22-17(24)9-13(10-18(22)25)27(12-21(30)31)23(32)36-15-5-3-14(28)4-6-15/h3-11,28-29H,12H2,1-2H3,(H,30,31). The summed E-state index contributed by atoms with van der Waals surface area (Å²) in [4.78, 5) is 24.5. The van der Waals surface area contributed by atoms with Gasteiger partial charge in [0.05, 0.1) is 15.7 Å². The molecule has 0 aliphatic heterocycles. The van der Waals surface area contributed by atoms with Crippen LogP contribution < -0.4 is 14.4 Å². The predicted octanol–water partition coefficient (Wildman–Crippen LogP) is 4.54. The molecule has 3 aromatic carbocycles. The quantitative estimate of drug-likeness (QED) is 0.354. The largest absolute Gasteiger partial charge is 0.508 e. The number of carbonyl (C=O) groups excluding carboxylic acids is 1. The second-order valence-electron chi connectivity index (χ2n) is 7.60. The van der Waals surface area contributed by atoms with Crippen LogP contribution in [0.4, 0.5) is 10.5 Å². The zero-order valence-corrected chi connectivity index (χ0v) is 21.6. The first-order valence-electron chi connectivity index (χ1n) is 10.2. The van der Waals surface area contributed by atoms with E-state index in [2.05, 4.69) is 0 Å². The van der Waals surface area contributed by atoms with Crippen LogP contribution >= 0.6 is 23.2 Å². The minimum atomic E-state index is -4.00. The number of carbonyl (C=O) groups is 2. The fourth-order valence-electron chi connectivity index (χ4n) is 2.95. The van der Waals surface area contributed by atoms with Crippen molar-refractivity contribution in [3.8, 4) is 28.7 Å². The number of carboxylic acids is 1. The highest BCUT2D eigenvalue weighted by atomic mass is 35.5. The normalized spacial score (nSPS) is 11.3. The molecule has 0 unspecified atom stereocenters. The first kappa shape index (κ1) is 27.9. The second kappa shape index (κ2) is 11.1. The summed E-state index contributed by atoms with van der Waals surface area (Å²) >= 11 is 12.6. The smallest absolute Gasteiger partial charge is 0.420 e. The number of aliphatic carboxylic acids is 1. The number of aromatic hydroxyl groups is 2. The average molecular weight is 571 g/mol. The number of hydrogen-bond acceptors (Lipinski definition) is 8. The molecule has 0 radical (unpaired) electrons. The number of halogens is 2. The third kappa shape index (κ3) is 6.54. The van der Waals surface area contributed by atoms with Gasteiger partial charge < -0.3 is 24.8 Å². The van der Waals surface area contributed by atoms with Gasteiger partial charge in [-0.15, -0.1) is 0 Å². The summed E-state index contributed by atoms with van der Waals surface area (Å²) in [5.74, 6) is -2.00. The molecule has 0 saturated carbocycles. The Kier molecular flexibility index (Phi) is 8.39. The SMILES string of the molecule is CN(C)S(=O)(=O)c1cc(Oc2c(Cl)cc(N(CC(=O)O)C(=O)Oc3ccc(O)cc3)cc2Cl)ccc1O. The van der Waals surface area contributed by atoms with Crippen molar-refractivity contribution in [2.75, 3.05) is 25.5 Å². The van der Waals surface area contributed by atoms with Crippen LogP contribution in [0, 0.1) is 0 Å². The number of carboxylic acid groups (broad SMARTS) is 1. The molecule has 3 N–H and O–H groups in total. The molecule has 3 aromatic rings. The number of benzene rings is 3. The van der Waals surface area contributed by atoms with Gasteiger partial charge in [-0.05, 0) is 48.5 Å². The Hall–Kier alpha value is -3.71. The summed E-state index contributed by atoms with van der Waals surface area (Å²) in [6.45, 7) is -0.798. The van der Waals surface area contributed by atoms with Gasteiger partial charge in [0.15, 0.2) is 5.75 Å². The molecule has 14 heteroatoms. The molecule has 0 aromatic heterocycles. The summed E-state index contributed by atoms with van der Waals surface area (Å²) in [6, 6.07) is 11.1. The Labute approximate surface area is 221 Å². The average Bonchev–Trinajstić information content (AvgIpc) is 2.81. The number of ether oxygens (including phenoxy) is 2. The first-order chi connectivity index (χ1) is 17.3. The van der Waals surface area contributed by atoms with E-state index in [4.69, 9.17) is 32.7 Å². The van der Waals surface area contributed by atoms with E-state index in [1.165, 1.54) is 56.6 Å². The summed E-state index contributed by atoms with van der Waals surface area (Å²) < 4.78 is 36.7. The van der Waals surface area contributed by atoms with Gasteiger partial charge >= 0.3 is 12.1 Å². The number of phenolic OH excluding ortho intramolecular Hbond substituents is 2. The lowest BCUT2D eigenvalue weighted by atomic mass is 10.2. The summed E-state index contributed by atoms with van der Waals surface area (Å²) in [6.07, 6.45) is -1.06. The monoisotopic (exact) mass is 570 g/mol. The molecule has 3 rings (SSSR count). The number of anilines is 1. The fourth-order valence-corrected chi connectivity index (χ4v) is 4.49. The second-order valence-corrected chi connectivity index (χ2v) is 10.5. The number of amides is 1. The van der Waals surface area contributed by atoms with Gasteiger partial charge in [0, 0.05) is 20.2 Å². The van der Waals surface area contributed by atoms with E-state index in [1.807, 2.05) is 0 Å². The van der Waals surface area contributed by atoms with Gasteiger partial charge in [-0.3, -0.25) is 9.69 Å². The molecule has 0 atom stereocenters. The van der Waals surface area contributed by atoms with E-state index < -0.39 is 39.3 Å². The molecule has 1 amide bonds. The van der Waals surface area contributed by atoms with E-state index >= 15 is 0 Å². The predicted molar refractivity (Wildman–Crippen MR) is 135 cm³/mol. The Morgan fingerprint density at radius 1 is 0.919 bits per heavy atom. The number of hydrogen-bond donors (Lipinski definition) is 3. The number of phenols is 2. The molecule has 0 aliphatic carbocycles. The van der Waals surface area contributed by atoms with Crippen molar-refractivity contribution in [2.45, 2.75) is 4.90 Å². The molecule has 0 spiro atoms. The Morgan fingerprint density at radius 3 is 2.03 bits per heavy atom. The molecule has 0 fully saturated rings. The van der Waals surface area contributed by atoms with Crippen molar-refractivity contribution < 1.29 is 42.8 Å². The van der Waals surface area contributed by atoms with Crippen LogP contribution in [-0.4, -0.2) is 60.7 Å². The van der Waals surface area contributed by atoms with Crippen LogP contribution in [0.3, 0.4) is 0 Å². The molecule has 0 aliphatic rings. The molecule has 196 valence electrons. The van der Waals surface area contributed by atoms with Crippen LogP contribution in [0.25, 0.3) is 0 Å². The zero-order valence-electron chi connectivity index (χ0n) is 19.3. The van der Waals surface area contributed by atoms with E-state index in [0.717, 1.165) is 21.3 Å². The lowest BCUT2D eigenvalue weighted by Gasteiger charge is -2.22. The van der Waals surface area contributed by atoms with Gasteiger partial charge in [-0.2, -0.15) is 0 Å². The van der Waals surface area contributed by atoms with Gasteiger partial charge in [0.1, 0.15) is 34.4 Å². The number of nitrogens with zero attached hydrogens (tertiary/aromatic N) is 2. The first-order valence-corrected chi connectivity index (χ1v) is 12.4. The van der Waals surface area contributed by atoms with E-state index in [0.29, 0.717) is 0 Å². The third-order valence-corrected chi connectivity index (χ3v) is 7.17. The van der Waals surface area contributed by atoms with E-state index in [1.54, 1.807) is 0 Å². The lowest BCUT2D eigenvalue weighted by Crippen LogP contribution is -2.37. The highest BCUT2D eigenvalue weighted by Crippen LogP contribution is 2.41. The number of rotatable bonds is 8. The van der Waals surface area contributed by atoms with Crippen LogP contribution in [0.15, 0.2) is 59.5 Å². The van der Waals surface area contributed by atoms with Crippen molar-refractivity contribution in [2.24, 2.45) is 0 Å². The molecule has 11 nitrogen and oxygen atoms in total. The van der Waals surface area contributed by atoms with Crippen molar-refractivity contribution in [1.29, 1.82) is 0 Å². The van der Waals surface area contributed by atoms with Crippen LogP contribution in [0.2, 0.25) is 10.0 Å². The van der Waals surface area contributed by atoms with E-state index in [-0.39, 0.29) is 38.7 Å². The van der Waals surface area contributed by atoms with Crippen LogP contribution in [-0.2, 0) is 14.8 Å². The minimum absolute atomic E-state index is 0.0242. The maximum absolute atomic E-state index is 12.7. The lowest BCUT2D eigenvalue weighted by molar-refractivity contribution is -0.135. The van der Waals surface area contributed by atoms with Gasteiger partial charge in [-0.1, -0.05) is 23.2 Å². The molecule has 37 heavy (non-hydrogen) atoms. The highest BCUT2D eigenvalue weighted by molar-refractivity contribution is 7.89. The van der Waals surface area contributed by atoms with Gasteiger partial charge in [-0.25, -0.2) is 17.5 Å². The van der Waals surface area contributed by atoms with E-state index in [9.17, 15) is 33.3 Å². The van der Waals surface area contributed by atoms with Crippen molar-refractivity contribution in [3.05, 3.63) is 64.6 Å². The fraction of sp³-hybridized carbons (Fsp3) is 0.130. The molecule has 0 bridgehead atoms. The minimum Gasteiger partial charge on any atom is -0.508 e. The maximum Gasteiger partial charge on any atom is 0.420 e. The third-order valence-electron chi connectivity index (χ3n) is 4.76. The molecule has 0 saturated heterocycles. The molecular weight excluding hydrogens is 551 g/mol. The van der Waals surface area contributed by atoms with Crippen molar-refractivity contribution in [1.82, 2.24) is 4.31 Å². The highest BCUT2D eigenvalue weighted by Gasteiger charge is 2.25. The van der Waals surface area contributed by atoms with Gasteiger partial charge in [0.2, 0.25) is 10.0 Å². The summed E-state index contributed by atoms with van der Waals surface area (Å²) in [7, 11) is -1.41. The maximum atomic E-state index is 12.7. The topological polar surface area (TPSA) is 154 Å². The zero-order chi connectivity index (χ0) is 27.5. The number of sulfonamides is 1. The van der Waals surface area contributed by atoms with Crippen molar-refractivity contribution in [3.63, 3.8) is 0 Å². The molecule has 0 heterocycles.